The molecule has 3 fully saturated rings. The van der Waals surface area contributed by atoms with E-state index >= 15 is 0 Å². The van der Waals surface area contributed by atoms with Gasteiger partial charge in [0, 0.05) is 25.9 Å². The topological polar surface area (TPSA) is 123 Å². The predicted molar refractivity (Wildman–Crippen MR) is 146 cm³/mol. The highest BCUT2D eigenvalue weighted by Gasteiger charge is 2.37. The van der Waals surface area contributed by atoms with Crippen LogP contribution in [0.3, 0.4) is 0 Å². The van der Waals surface area contributed by atoms with Crippen molar-refractivity contribution in [2.45, 2.75) is 38.3 Å². The Morgan fingerprint density at radius 2 is 2.18 bits per heavy atom. The minimum atomic E-state index is -0.929. The van der Waals surface area contributed by atoms with Crippen LogP contribution in [-0.4, -0.2) is 81.4 Å². The van der Waals surface area contributed by atoms with Gasteiger partial charge in [0.25, 0.3) is 11.5 Å². The highest BCUT2D eigenvalue weighted by Crippen LogP contribution is 2.35. The number of carbonyl (C=O) groups is 3. The number of thioether (sulfide) groups is 1. The van der Waals surface area contributed by atoms with E-state index in [0.717, 1.165) is 24.6 Å². The fourth-order valence-electron chi connectivity index (χ4n) is 4.77. The van der Waals surface area contributed by atoms with E-state index in [0.29, 0.717) is 36.2 Å². The van der Waals surface area contributed by atoms with Gasteiger partial charge in [0.2, 0.25) is 5.91 Å². The Hall–Kier alpha value is -3.29. The van der Waals surface area contributed by atoms with E-state index < -0.39 is 17.6 Å². The molecule has 3 aliphatic rings. The number of rotatable bonds is 7. The van der Waals surface area contributed by atoms with Gasteiger partial charge >= 0.3 is 5.97 Å². The number of pyridine rings is 1. The van der Waals surface area contributed by atoms with Crippen molar-refractivity contribution in [2.24, 2.45) is 0 Å². The van der Waals surface area contributed by atoms with Crippen LogP contribution in [0.5, 0.6) is 0 Å². The number of hydrogen-bond donors (Lipinski definition) is 1. The fraction of sp³-hybridized carbons (Fsp3) is 0.440. The molecule has 3 aliphatic heterocycles. The van der Waals surface area contributed by atoms with Gasteiger partial charge < -0.3 is 19.7 Å². The molecule has 38 heavy (non-hydrogen) atoms. The first-order valence-electron chi connectivity index (χ1n) is 12.5. The lowest BCUT2D eigenvalue weighted by Gasteiger charge is -2.36. The molecule has 0 spiro atoms. The summed E-state index contributed by atoms with van der Waals surface area (Å²) in [5, 5.41) is 2.77. The van der Waals surface area contributed by atoms with Crippen LogP contribution < -0.4 is 15.8 Å². The Labute approximate surface area is 228 Å². The molecular weight excluding hydrogens is 530 g/mol. The van der Waals surface area contributed by atoms with E-state index in [1.165, 1.54) is 15.4 Å². The van der Waals surface area contributed by atoms with Crippen LogP contribution in [0.25, 0.3) is 11.7 Å². The van der Waals surface area contributed by atoms with Gasteiger partial charge in [-0.05, 0) is 38.0 Å². The summed E-state index contributed by atoms with van der Waals surface area (Å²) in [5.74, 6) is -0.991. The van der Waals surface area contributed by atoms with E-state index in [4.69, 9.17) is 26.7 Å². The van der Waals surface area contributed by atoms with Crippen molar-refractivity contribution in [2.75, 3.05) is 37.7 Å². The number of thiocarbonyl (C=S) groups is 1. The molecule has 1 N–H and O–H groups in total. The molecule has 0 saturated carbocycles. The van der Waals surface area contributed by atoms with Crippen LogP contribution in [0.1, 0.15) is 31.7 Å². The summed E-state index contributed by atoms with van der Waals surface area (Å²) in [6, 6.07) is 4.21. The van der Waals surface area contributed by atoms with Crippen LogP contribution in [-0.2, 0) is 23.9 Å². The zero-order valence-corrected chi connectivity index (χ0v) is 22.4. The van der Waals surface area contributed by atoms with Crippen LogP contribution in [0, 0.1) is 0 Å². The predicted octanol–water partition coefficient (Wildman–Crippen LogP) is 1.33. The van der Waals surface area contributed by atoms with E-state index in [1.807, 2.05) is 0 Å². The van der Waals surface area contributed by atoms with E-state index in [2.05, 4.69) is 5.32 Å². The summed E-state index contributed by atoms with van der Waals surface area (Å²) in [5.41, 5.74) is 0.0992. The smallest absolute Gasteiger partial charge is 0.308 e. The lowest BCUT2D eigenvalue weighted by molar-refractivity contribution is -0.145. The standard InChI is InChI=1S/C25H27N5O6S2/c1-2-35-20(31)13-17-22(32)26-8-10-28(17)21-16(23(33)29-9-4-3-7-19(29)27-21)12-18-24(34)30(25(37)38-18)14-15-6-5-11-36-15/h3-4,7,9,12,15,17H,2,5-6,8,10-11,13-14H2,1H3,(H,26,32)/b18-12+. The maximum atomic E-state index is 13.7. The second-order valence-electron chi connectivity index (χ2n) is 9.02. The monoisotopic (exact) mass is 557 g/mol. The Morgan fingerprint density at radius 3 is 2.95 bits per heavy atom. The molecule has 200 valence electrons. The second-order valence-corrected chi connectivity index (χ2v) is 10.7. The summed E-state index contributed by atoms with van der Waals surface area (Å²) in [7, 11) is 0. The average Bonchev–Trinajstić information content (AvgIpc) is 3.51. The second kappa shape index (κ2) is 11.2. The van der Waals surface area contributed by atoms with Gasteiger partial charge in [0.05, 0.1) is 36.1 Å². The number of carbonyl (C=O) groups excluding carboxylic acids is 3. The third-order valence-corrected chi connectivity index (χ3v) is 7.95. The Bertz CT molecular complexity index is 1390. The third kappa shape index (κ3) is 5.18. The molecule has 2 amide bonds. The molecule has 11 nitrogen and oxygen atoms in total. The van der Waals surface area contributed by atoms with Crippen LogP contribution >= 0.6 is 24.0 Å². The van der Waals surface area contributed by atoms with Gasteiger partial charge in [0.1, 0.15) is 21.8 Å². The Balaban J connectivity index is 1.57. The lowest BCUT2D eigenvalue weighted by Crippen LogP contribution is -2.57. The zero-order chi connectivity index (χ0) is 26.8. The molecule has 0 bridgehead atoms. The number of ether oxygens (including phenoxy) is 2. The van der Waals surface area contributed by atoms with E-state index in [9.17, 15) is 19.2 Å². The minimum Gasteiger partial charge on any atom is -0.466 e. The van der Waals surface area contributed by atoms with Gasteiger partial charge in [-0.15, -0.1) is 0 Å². The molecule has 5 rings (SSSR count). The average molecular weight is 558 g/mol. The molecule has 2 atom stereocenters. The number of nitrogens with one attached hydrogen (secondary N) is 1. The van der Waals surface area contributed by atoms with Crippen molar-refractivity contribution in [3.8, 4) is 0 Å². The van der Waals surface area contributed by atoms with E-state index in [-0.39, 0.29) is 47.2 Å². The molecule has 0 radical (unpaired) electrons. The number of aromatic nitrogens is 2. The maximum absolute atomic E-state index is 13.7. The minimum absolute atomic E-state index is 0.0733. The van der Waals surface area contributed by atoms with Gasteiger partial charge in [0.15, 0.2) is 0 Å². The first-order valence-corrected chi connectivity index (χ1v) is 13.7. The van der Waals surface area contributed by atoms with Crippen molar-refractivity contribution in [3.05, 3.63) is 45.2 Å². The fourth-order valence-corrected chi connectivity index (χ4v) is 6.02. The quantitative estimate of drug-likeness (QED) is 0.303. The first kappa shape index (κ1) is 26.3. The van der Waals surface area contributed by atoms with Crippen molar-refractivity contribution >= 4 is 63.6 Å². The SMILES string of the molecule is CCOC(=O)CC1C(=O)NCCN1c1nc2ccccn2c(=O)c1/C=C1/SC(=S)N(CC2CCCO2)C1=O. The Kier molecular flexibility index (Phi) is 7.77. The zero-order valence-electron chi connectivity index (χ0n) is 20.8. The molecule has 0 aromatic carbocycles. The van der Waals surface area contributed by atoms with Gasteiger partial charge in [-0.25, -0.2) is 4.98 Å². The van der Waals surface area contributed by atoms with E-state index in [1.54, 1.807) is 36.2 Å². The number of piperazine rings is 1. The largest absolute Gasteiger partial charge is 0.466 e. The molecule has 2 aromatic rings. The highest BCUT2D eigenvalue weighted by atomic mass is 32.2. The molecule has 2 unspecified atom stereocenters. The third-order valence-electron chi connectivity index (χ3n) is 6.58. The van der Waals surface area contributed by atoms with Gasteiger partial charge in [-0.2, -0.15) is 0 Å². The Morgan fingerprint density at radius 1 is 1.34 bits per heavy atom. The normalized spacial score (nSPS) is 23.0. The number of nitrogens with zero attached hydrogens (tertiary/aromatic N) is 4. The molecular formula is C25H27N5O6S2. The lowest BCUT2D eigenvalue weighted by atomic mass is 10.1. The first-order chi connectivity index (χ1) is 18.4. The number of anilines is 1. The molecule has 0 aliphatic carbocycles. The van der Waals surface area contributed by atoms with Crippen LogP contribution in [0.4, 0.5) is 5.82 Å². The summed E-state index contributed by atoms with van der Waals surface area (Å²) in [4.78, 5) is 60.4. The van der Waals surface area contributed by atoms with Gasteiger partial charge in [-0.1, -0.05) is 30.0 Å². The van der Waals surface area contributed by atoms with Crippen molar-refractivity contribution < 1.29 is 23.9 Å². The van der Waals surface area contributed by atoms with Crippen molar-refractivity contribution in [3.63, 3.8) is 0 Å². The summed E-state index contributed by atoms with van der Waals surface area (Å²) >= 11 is 6.59. The maximum Gasteiger partial charge on any atom is 0.308 e. The molecule has 13 heteroatoms. The summed E-state index contributed by atoms with van der Waals surface area (Å²) in [6.07, 6.45) is 4.60. The molecule has 2 aromatic heterocycles. The van der Waals surface area contributed by atoms with Crippen LogP contribution in [0.2, 0.25) is 0 Å². The number of hydrogen-bond acceptors (Lipinski definition) is 10. The summed E-state index contributed by atoms with van der Waals surface area (Å²) < 4.78 is 12.5. The summed E-state index contributed by atoms with van der Waals surface area (Å²) in [6.45, 7) is 3.51. The number of fused-ring (bicyclic) bond motifs is 1. The number of amides is 2. The highest BCUT2D eigenvalue weighted by molar-refractivity contribution is 8.26. The van der Waals surface area contributed by atoms with Crippen molar-refractivity contribution in [1.29, 1.82) is 0 Å². The van der Waals surface area contributed by atoms with Crippen molar-refractivity contribution in [1.82, 2.24) is 19.6 Å². The van der Waals surface area contributed by atoms with Crippen LogP contribution in [0.15, 0.2) is 34.1 Å². The van der Waals surface area contributed by atoms with Gasteiger partial charge in [-0.3, -0.25) is 28.5 Å². The molecule has 5 heterocycles. The number of esters is 1. The molecule has 3 saturated heterocycles.